The highest BCUT2D eigenvalue weighted by Crippen LogP contribution is 2.22. The first-order chi connectivity index (χ1) is 10.0. The van der Waals surface area contributed by atoms with Crippen molar-refractivity contribution in [2.75, 3.05) is 17.2 Å². The molecule has 1 aromatic carbocycles. The van der Waals surface area contributed by atoms with E-state index in [1.807, 2.05) is 39.0 Å². The summed E-state index contributed by atoms with van der Waals surface area (Å²) < 4.78 is 0. The van der Waals surface area contributed by atoms with Crippen LogP contribution >= 0.6 is 11.6 Å². The van der Waals surface area contributed by atoms with Gasteiger partial charge in [-0.05, 0) is 44.0 Å². The Labute approximate surface area is 129 Å². The number of hydrogen-bond donors (Lipinski definition) is 2. The van der Waals surface area contributed by atoms with Crippen molar-refractivity contribution in [3.63, 3.8) is 0 Å². The lowest BCUT2D eigenvalue weighted by atomic mass is 10.1. The predicted octanol–water partition coefficient (Wildman–Crippen LogP) is 4.04. The number of pyridine rings is 1. The Bertz CT molecular complexity index is 671. The maximum Gasteiger partial charge on any atom is 0.257 e. The van der Waals surface area contributed by atoms with Crippen molar-refractivity contribution in [1.29, 1.82) is 0 Å². The zero-order valence-corrected chi connectivity index (χ0v) is 13.1. The van der Waals surface area contributed by atoms with Crippen molar-refractivity contribution in [1.82, 2.24) is 4.98 Å². The highest BCUT2D eigenvalue weighted by molar-refractivity contribution is 6.33. The molecular formula is C16H18ClN3O. The minimum atomic E-state index is -0.221. The van der Waals surface area contributed by atoms with Crippen molar-refractivity contribution in [2.24, 2.45) is 0 Å². The smallest absolute Gasteiger partial charge is 0.257 e. The number of hydrogen-bond acceptors (Lipinski definition) is 3. The van der Waals surface area contributed by atoms with Crippen LogP contribution in [0.25, 0.3) is 0 Å². The van der Waals surface area contributed by atoms with Crippen LogP contribution in [0, 0.1) is 13.8 Å². The Kier molecular flexibility index (Phi) is 4.81. The number of benzene rings is 1. The summed E-state index contributed by atoms with van der Waals surface area (Å²) in [4.78, 5) is 16.4. The molecule has 0 bridgehead atoms. The van der Waals surface area contributed by atoms with Gasteiger partial charge in [-0.3, -0.25) is 4.79 Å². The van der Waals surface area contributed by atoms with Crippen LogP contribution in [-0.2, 0) is 0 Å². The van der Waals surface area contributed by atoms with Gasteiger partial charge in [-0.2, -0.15) is 0 Å². The predicted molar refractivity (Wildman–Crippen MR) is 87.3 cm³/mol. The van der Waals surface area contributed by atoms with Gasteiger partial charge in [0.15, 0.2) is 0 Å². The normalized spacial score (nSPS) is 10.3. The average molecular weight is 304 g/mol. The van der Waals surface area contributed by atoms with Crippen LogP contribution in [0.1, 0.15) is 28.4 Å². The molecule has 5 heteroatoms. The van der Waals surface area contributed by atoms with E-state index in [4.69, 9.17) is 11.6 Å². The fraction of sp³-hybridized carbons (Fsp3) is 0.250. The van der Waals surface area contributed by atoms with Crippen molar-refractivity contribution in [2.45, 2.75) is 20.8 Å². The first kappa shape index (κ1) is 15.3. The molecule has 0 aliphatic rings. The van der Waals surface area contributed by atoms with E-state index >= 15 is 0 Å². The van der Waals surface area contributed by atoms with Gasteiger partial charge < -0.3 is 10.6 Å². The second-order valence-electron chi connectivity index (χ2n) is 4.86. The monoisotopic (exact) mass is 303 g/mol. The second kappa shape index (κ2) is 6.59. The molecule has 2 N–H and O–H groups in total. The van der Waals surface area contributed by atoms with Crippen molar-refractivity contribution in [3.05, 3.63) is 52.2 Å². The van der Waals surface area contributed by atoms with Crippen LogP contribution in [0.2, 0.25) is 5.02 Å². The van der Waals surface area contributed by atoms with Crippen LogP contribution in [0.3, 0.4) is 0 Å². The summed E-state index contributed by atoms with van der Waals surface area (Å²) >= 11 is 6.11. The SMILES string of the molecule is CCNc1ncc(C(=O)Nc2cc(C)ccc2C)cc1Cl. The molecule has 1 aromatic heterocycles. The van der Waals surface area contributed by atoms with Gasteiger partial charge in [0, 0.05) is 18.4 Å². The molecule has 2 aromatic rings. The summed E-state index contributed by atoms with van der Waals surface area (Å²) in [6, 6.07) is 7.54. The number of aryl methyl sites for hydroxylation is 2. The molecular weight excluding hydrogens is 286 g/mol. The Balaban J connectivity index is 2.20. The Hall–Kier alpha value is -2.07. The van der Waals surface area contributed by atoms with Crippen LogP contribution in [0.15, 0.2) is 30.5 Å². The van der Waals surface area contributed by atoms with Crippen LogP contribution in [0.4, 0.5) is 11.5 Å². The number of nitrogens with one attached hydrogen (secondary N) is 2. The minimum Gasteiger partial charge on any atom is -0.369 e. The van der Waals surface area contributed by atoms with Gasteiger partial charge >= 0.3 is 0 Å². The molecule has 0 aliphatic heterocycles. The van der Waals surface area contributed by atoms with Crippen molar-refractivity contribution < 1.29 is 4.79 Å². The molecule has 0 radical (unpaired) electrons. The topological polar surface area (TPSA) is 54.0 Å². The number of carbonyl (C=O) groups excluding carboxylic acids is 1. The molecule has 0 unspecified atom stereocenters. The molecule has 0 spiro atoms. The number of carbonyl (C=O) groups is 1. The maximum absolute atomic E-state index is 12.3. The summed E-state index contributed by atoms with van der Waals surface area (Å²) in [5, 5.41) is 6.36. The first-order valence-electron chi connectivity index (χ1n) is 6.79. The lowest BCUT2D eigenvalue weighted by molar-refractivity contribution is 0.102. The van der Waals surface area contributed by atoms with E-state index in [0.717, 1.165) is 23.4 Å². The highest BCUT2D eigenvalue weighted by Gasteiger charge is 2.11. The lowest BCUT2D eigenvalue weighted by Crippen LogP contribution is -2.14. The summed E-state index contributed by atoms with van der Waals surface area (Å²) in [6.07, 6.45) is 1.52. The van der Waals surface area contributed by atoms with E-state index in [-0.39, 0.29) is 5.91 Å². The van der Waals surface area contributed by atoms with Crippen molar-refractivity contribution >= 4 is 29.0 Å². The molecule has 1 heterocycles. The van der Waals surface area contributed by atoms with Gasteiger partial charge in [0.1, 0.15) is 5.82 Å². The summed E-state index contributed by atoms with van der Waals surface area (Å²) in [7, 11) is 0. The molecule has 0 atom stereocenters. The number of amides is 1. The average Bonchev–Trinajstić information content (AvgIpc) is 2.45. The molecule has 0 fully saturated rings. The Morgan fingerprint density at radius 1 is 1.29 bits per heavy atom. The number of aromatic nitrogens is 1. The quantitative estimate of drug-likeness (QED) is 0.896. The molecule has 110 valence electrons. The third kappa shape index (κ3) is 3.73. The molecule has 0 saturated heterocycles. The summed E-state index contributed by atoms with van der Waals surface area (Å²) in [5.41, 5.74) is 3.33. The molecule has 4 nitrogen and oxygen atoms in total. The van der Waals surface area contributed by atoms with Gasteiger partial charge in [-0.25, -0.2) is 4.98 Å². The highest BCUT2D eigenvalue weighted by atomic mass is 35.5. The first-order valence-corrected chi connectivity index (χ1v) is 7.17. The van der Waals surface area contributed by atoms with E-state index in [9.17, 15) is 4.79 Å². The largest absolute Gasteiger partial charge is 0.369 e. The van der Waals surface area contributed by atoms with E-state index in [1.54, 1.807) is 6.07 Å². The number of anilines is 2. The third-order valence-corrected chi connectivity index (χ3v) is 3.38. The van der Waals surface area contributed by atoms with Gasteiger partial charge in [0.25, 0.3) is 5.91 Å². The van der Waals surface area contributed by atoms with E-state index in [1.165, 1.54) is 6.20 Å². The number of rotatable bonds is 4. The fourth-order valence-corrected chi connectivity index (χ4v) is 2.16. The second-order valence-corrected chi connectivity index (χ2v) is 5.26. The molecule has 0 aliphatic carbocycles. The Morgan fingerprint density at radius 2 is 2.05 bits per heavy atom. The fourth-order valence-electron chi connectivity index (χ4n) is 1.92. The summed E-state index contributed by atoms with van der Waals surface area (Å²) in [6.45, 7) is 6.62. The zero-order valence-electron chi connectivity index (χ0n) is 12.3. The van der Waals surface area contributed by atoms with Gasteiger partial charge in [0.05, 0.1) is 10.6 Å². The van der Waals surface area contributed by atoms with Crippen LogP contribution in [-0.4, -0.2) is 17.4 Å². The van der Waals surface area contributed by atoms with Gasteiger partial charge in [-0.15, -0.1) is 0 Å². The van der Waals surface area contributed by atoms with Crippen LogP contribution in [0.5, 0.6) is 0 Å². The van der Waals surface area contributed by atoms with Gasteiger partial charge in [-0.1, -0.05) is 23.7 Å². The van der Waals surface area contributed by atoms with E-state index < -0.39 is 0 Å². The Morgan fingerprint density at radius 3 is 2.71 bits per heavy atom. The lowest BCUT2D eigenvalue weighted by Gasteiger charge is -2.10. The minimum absolute atomic E-state index is 0.221. The molecule has 0 saturated carbocycles. The molecule has 2 rings (SSSR count). The summed E-state index contributed by atoms with van der Waals surface area (Å²) in [5.74, 6) is 0.364. The zero-order chi connectivity index (χ0) is 15.4. The molecule has 1 amide bonds. The standard InChI is InChI=1S/C16H18ClN3O/c1-4-18-15-13(17)8-12(9-19-15)16(21)20-14-7-10(2)5-6-11(14)3/h5-9H,4H2,1-3H3,(H,18,19)(H,20,21). The van der Waals surface area contributed by atoms with Crippen molar-refractivity contribution in [3.8, 4) is 0 Å². The van der Waals surface area contributed by atoms with Crippen LogP contribution < -0.4 is 10.6 Å². The third-order valence-electron chi connectivity index (χ3n) is 3.09. The van der Waals surface area contributed by atoms with E-state index in [2.05, 4.69) is 15.6 Å². The van der Waals surface area contributed by atoms with E-state index in [0.29, 0.717) is 16.4 Å². The number of nitrogens with zero attached hydrogens (tertiary/aromatic N) is 1. The molecule has 21 heavy (non-hydrogen) atoms. The number of halogens is 1. The van der Waals surface area contributed by atoms with Gasteiger partial charge in [0.2, 0.25) is 0 Å². The maximum atomic E-state index is 12.3.